The molecule has 3 heteroatoms. The smallest absolute Gasteiger partial charge is 0.152 e. The van der Waals surface area contributed by atoms with Crippen LogP contribution in [0.5, 0.6) is 0 Å². The van der Waals surface area contributed by atoms with Crippen molar-refractivity contribution in [1.29, 1.82) is 0 Å². The minimum absolute atomic E-state index is 0.0225. The van der Waals surface area contributed by atoms with E-state index in [1.54, 1.807) is 6.07 Å². The zero-order valence-corrected chi connectivity index (χ0v) is 15.1. The summed E-state index contributed by atoms with van der Waals surface area (Å²) in [5.41, 5.74) is 1.94. The van der Waals surface area contributed by atoms with Crippen LogP contribution in [0.25, 0.3) is 0 Å². The van der Waals surface area contributed by atoms with Gasteiger partial charge in [0, 0.05) is 18.5 Å². The summed E-state index contributed by atoms with van der Waals surface area (Å²) in [5.74, 6) is -0.0115. The fraction of sp³-hybridized carbons (Fsp3) is 0.550. The Morgan fingerprint density at radius 3 is 2.43 bits per heavy atom. The van der Waals surface area contributed by atoms with Crippen molar-refractivity contribution < 1.29 is 9.18 Å². The van der Waals surface area contributed by atoms with Gasteiger partial charge in [-0.1, -0.05) is 26.0 Å². The summed E-state index contributed by atoms with van der Waals surface area (Å²) in [6.07, 6.45) is 3.36. The van der Waals surface area contributed by atoms with Gasteiger partial charge in [0.25, 0.3) is 0 Å². The maximum absolute atomic E-state index is 13.3. The number of Topliss-reactive ketones (excluding diaryl/α,β-unsaturated/α-hetero) is 1. The molecule has 0 saturated carbocycles. The molecule has 0 N–H and O–H groups in total. The van der Waals surface area contributed by atoms with Crippen LogP contribution >= 0.6 is 0 Å². The van der Waals surface area contributed by atoms with Crippen LogP contribution in [-0.2, 0) is 11.2 Å². The molecule has 1 atom stereocenters. The van der Waals surface area contributed by atoms with E-state index in [1.165, 1.54) is 12.1 Å². The van der Waals surface area contributed by atoms with Crippen molar-refractivity contribution in [2.24, 2.45) is 5.92 Å². The molecule has 0 spiro atoms. The number of hydrogen-bond acceptors (Lipinski definition) is 2. The average Bonchev–Trinajstić information content (AvgIpc) is 2.47. The molecule has 0 heterocycles. The lowest BCUT2D eigenvalue weighted by molar-refractivity contribution is -0.128. The van der Waals surface area contributed by atoms with Gasteiger partial charge in [-0.25, -0.2) is 4.39 Å². The zero-order chi connectivity index (χ0) is 17.6. The molecule has 0 aliphatic rings. The van der Waals surface area contributed by atoms with Crippen molar-refractivity contribution >= 4 is 5.78 Å². The van der Waals surface area contributed by atoms with E-state index >= 15 is 0 Å². The van der Waals surface area contributed by atoms with Crippen LogP contribution < -0.4 is 0 Å². The van der Waals surface area contributed by atoms with Gasteiger partial charge in [-0.05, 0) is 56.9 Å². The number of halogens is 1. The van der Waals surface area contributed by atoms with E-state index in [9.17, 15) is 9.18 Å². The average molecular weight is 319 g/mol. The summed E-state index contributed by atoms with van der Waals surface area (Å²) in [4.78, 5) is 15.0. The molecule has 0 aliphatic heterocycles. The molecule has 23 heavy (non-hydrogen) atoms. The minimum Gasteiger partial charge on any atom is -0.298 e. The van der Waals surface area contributed by atoms with Crippen LogP contribution in [0.15, 0.2) is 30.9 Å². The topological polar surface area (TPSA) is 20.3 Å². The van der Waals surface area contributed by atoms with Crippen molar-refractivity contribution in [2.45, 2.75) is 59.5 Å². The molecule has 0 bridgehead atoms. The lowest BCUT2D eigenvalue weighted by Gasteiger charge is -2.35. The summed E-state index contributed by atoms with van der Waals surface area (Å²) < 4.78 is 13.3. The van der Waals surface area contributed by atoms with E-state index in [0.717, 1.165) is 24.1 Å². The van der Waals surface area contributed by atoms with Crippen LogP contribution in [0, 0.1) is 18.7 Å². The summed E-state index contributed by atoms with van der Waals surface area (Å²) in [7, 11) is 0. The Labute approximate surface area is 140 Å². The SMILES string of the molecule is C=CCCN(C(C)C)[C@@H](Cc1ccc(F)cc1C)C(=O)C(C)C. The van der Waals surface area contributed by atoms with Crippen LogP contribution in [0.2, 0.25) is 0 Å². The molecule has 0 saturated heterocycles. The second kappa shape index (κ2) is 8.97. The zero-order valence-electron chi connectivity index (χ0n) is 15.1. The lowest BCUT2D eigenvalue weighted by atomic mass is 9.91. The van der Waals surface area contributed by atoms with E-state index in [2.05, 4.69) is 25.3 Å². The van der Waals surface area contributed by atoms with Gasteiger partial charge < -0.3 is 0 Å². The third-order valence-corrected chi connectivity index (χ3v) is 4.27. The van der Waals surface area contributed by atoms with Gasteiger partial charge in [0.05, 0.1) is 6.04 Å². The highest BCUT2D eigenvalue weighted by atomic mass is 19.1. The van der Waals surface area contributed by atoms with Gasteiger partial charge >= 0.3 is 0 Å². The van der Waals surface area contributed by atoms with E-state index in [4.69, 9.17) is 0 Å². The number of rotatable bonds is 9. The predicted molar refractivity (Wildman–Crippen MR) is 95.1 cm³/mol. The van der Waals surface area contributed by atoms with E-state index < -0.39 is 0 Å². The Morgan fingerprint density at radius 1 is 1.30 bits per heavy atom. The van der Waals surface area contributed by atoms with Crippen molar-refractivity contribution in [1.82, 2.24) is 4.90 Å². The number of benzene rings is 1. The molecule has 0 aliphatic carbocycles. The van der Waals surface area contributed by atoms with Gasteiger partial charge in [0.15, 0.2) is 5.78 Å². The van der Waals surface area contributed by atoms with Crippen LogP contribution in [0.4, 0.5) is 4.39 Å². The molecule has 1 rings (SSSR count). The van der Waals surface area contributed by atoms with Crippen molar-refractivity contribution in [3.63, 3.8) is 0 Å². The highest BCUT2D eigenvalue weighted by Crippen LogP contribution is 2.20. The largest absolute Gasteiger partial charge is 0.298 e. The third kappa shape index (κ3) is 5.58. The first-order valence-corrected chi connectivity index (χ1v) is 8.43. The maximum Gasteiger partial charge on any atom is 0.152 e. The number of carbonyl (C=O) groups excluding carboxylic acids is 1. The number of aryl methyl sites for hydroxylation is 1. The Bertz CT molecular complexity index is 536. The number of carbonyl (C=O) groups is 1. The highest BCUT2D eigenvalue weighted by Gasteiger charge is 2.29. The molecule has 0 fully saturated rings. The maximum atomic E-state index is 13.3. The predicted octanol–water partition coefficient (Wildman–Crippen LogP) is 4.56. The first kappa shape index (κ1) is 19.6. The summed E-state index contributed by atoms with van der Waals surface area (Å²) in [6.45, 7) is 14.6. The Hall–Kier alpha value is -1.48. The lowest BCUT2D eigenvalue weighted by Crippen LogP contribution is -2.48. The Balaban J connectivity index is 3.12. The van der Waals surface area contributed by atoms with Crippen molar-refractivity contribution in [3.8, 4) is 0 Å². The van der Waals surface area contributed by atoms with Crippen molar-refractivity contribution in [2.75, 3.05) is 6.54 Å². The van der Waals surface area contributed by atoms with Gasteiger partial charge in [-0.2, -0.15) is 0 Å². The molecule has 2 nitrogen and oxygen atoms in total. The van der Waals surface area contributed by atoms with Crippen molar-refractivity contribution in [3.05, 3.63) is 47.8 Å². The number of hydrogen-bond donors (Lipinski definition) is 0. The molecule has 128 valence electrons. The van der Waals surface area contributed by atoms with Gasteiger partial charge in [0.2, 0.25) is 0 Å². The fourth-order valence-electron chi connectivity index (χ4n) is 2.88. The summed E-state index contributed by atoms with van der Waals surface area (Å²) in [5, 5.41) is 0. The van der Waals surface area contributed by atoms with Gasteiger partial charge in [0.1, 0.15) is 5.82 Å². The summed E-state index contributed by atoms with van der Waals surface area (Å²) >= 11 is 0. The standard InChI is InChI=1S/C20H30FNO/c1-7-8-11-22(15(4)5)19(20(23)14(2)3)13-17-9-10-18(21)12-16(17)6/h7,9-10,12,14-15,19H,1,8,11,13H2,2-6H3/t19-/m0/s1. The number of ketones is 1. The highest BCUT2D eigenvalue weighted by molar-refractivity contribution is 5.86. The van der Waals surface area contributed by atoms with Crippen LogP contribution in [0.1, 0.15) is 45.2 Å². The van der Waals surface area contributed by atoms with Gasteiger partial charge in [-0.15, -0.1) is 6.58 Å². The Morgan fingerprint density at radius 2 is 1.96 bits per heavy atom. The molecule has 1 aromatic carbocycles. The molecule has 0 unspecified atom stereocenters. The molecule has 0 aromatic heterocycles. The Kier molecular flexibility index (Phi) is 7.63. The normalized spacial score (nSPS) is 12.9. The fourth-order valence-corrected chi connectivity index (χ4v) is 2.88. The molecular weight excluding hydrogens is 289 g/mol. The van der Waals surface area contributed by atoms with Gasteiger partial charge in [-0.3, -0.25) is 9.69 Å². The van der Waals surface area contributed by atoms with E-state index in [-0.39, 0.29) is 29.6 Å². The number of nitrogens with zero attached hydrogens (tertiary/aromatic N) is 1. The first-order valence-electron chi connectivity index (χ1n) is 8.43. The molecule has 1 aromatic rings. The molecule has 0 radical (unpaired) electrons. The van der Waals surface area contributed by atoms with E-state index in [0.29, 0.717) is 6.42 Å². The second-order valence-corrected chi connectivity index (χ2v) is 6.76. The quantitative estimate of drug-likeness (QED) is 0.622. The first-order chi connectivity index (χ1) is 10.8. The van der Waals surface area contributed by atoms with Crippen LogP contribution in [0.3, 0.4) is 0 Å². The third-order valence-electron chi connectivity index (χ3n) is 4.27. The second-order valence-electron chi connectivity index (χ2n) is 6.76. The van der Waals surface area contributed by atoms with Crippen LogP contribution in [-0.4, -0.2) is 29.3 Å². The van der Waals surface area contributed by atoms with E-state index in [1.807, 2.05) is 26.8 Å². The monoisotopic (exact) mass is 319 g/mol. The molecule has 0 amide bonds. The minimum atomic E-state index is -0.231. The summed E-state index contributed by atoms with van der Waals surface area (Å²) in [6, 6.07) is 4.90. The molecular formula is C20H30FNO.